The van der Waals surface area contributed by atoms with E-state index in [2.05, 4.69) is 18.5 Å². The third-order valence-corrected chi connectivity index (χ3v) is 5.04. The molecule has 0 aromatic heterocycles. The van der Waals surface area contributed by atoms with Crippen molar-refractivity contribution in [1.82, 2.24) is 5.32 Å². The molecule has 2 rings (SSSR count). The molecule has 1 amide bonds. The maximum atomic E-state index is 11.4. The molecular weight excluding hydrogens is 350 g/mol. The predicted octanol–water partition coefficient (Wildman–Crippen LogP) is 5.75. The van der Waals surface area contributed by atoms with Gasteiger partial charge in [0, 0.05) is 11.0 Å². The van der Waals surface area contributed by atoms with Gasteiger partial charge in [0.15, 0.2) is 0 Å². The van der Waals surface area contributed by atoms with Gasteiger partial charge >= 0.3 is 6.09 Å². The lowest BCUT2D eigenvalue weighted by atomic mass is 9.77. The summed E-state index contributed by atoms with van der Waals surface area (Å²) >= 11 is 0. The average molecular weight is 380 g/mol. The van der Waals surface area contributed by atoms with E-state index in [1.54, 1.807) is 0 Å². The molecule has 0 saturated carbocycles. The first-order valence-electron chi connectivity index (χ1n) is 9.26. The van der Waals surface area contributed by atoms with Crippen LogP contribution in [0.5, 0.6) is 5.75 Å². The molecule has 1 atom stereocenters. The van der Waals surface area contributed by atoms with Crippen LogP contribution < -0.4 is 10.1 Å². The Kier molecular flexibility index (Phi) is 6.68. The molecule has 0 aliphatic carbocycles. The van der Waals surface area contributed by atoms with Crippen LogP contribution in [0.3, 0.4) is 0 Å². The van der Waals surface area contributed by atoms with Crippen molar-refractivity contribution in [1.29, 1.82) is 0 Å². The van der Waals surface area contributed by atoms with E-state index in [-0.39, 0.29) is 6.61 Å². The van der Waals surface area contributed by atoms with Crippen LogP contribution in [0.15, 0.2) is 61.7 Å². The predicted molar refractivity (Wildman–Crippen MR) is 116 cm³/mol. The van der Waals surface area contributed by atoms with E-state index in [9.17, 15) is 9.90 Å². The molecule has 4 heteroatoms. The number of carboxylic acid groups (broad SMARTS) is 1. The number of hydrogen-bond acceptors (Lipinski definition) is 2. The zero-order valence-corrected chi connectivity index (χ0v) is 17.1. The van der Waals surface area contributed by atoms with Gasteiger partial charge in [-0.3, -0.25) is 0 Å². The molecule has 0 radical (unpaired) electrons. The molecule has 0 bridgehead atoms. The molecule has 0 saturated heterocycles. The normalized spacial score (nSPS) is 12.1. The van der Waals surface area contributed by atoms with Crippen molar-refractivity contribution in [2.45, 2.75) is 39.2 Å². The Morgan fingerprint density at radius 1 is 1.07 bits per heavy atom. The second-order valence-electron chi connectivity index (χ2n) is 7.67. The van der Waals surface area contributed by atoms with Gasteiger partial charge in [0.25, 0.3) is 0 Å². The van der Waals surface area contributed by atoms with Gasteiger partial charge in [-0.1, -0.05) is 75.0 Å². The first-order chi connectivity index (χ1) is 13.1. The Balaban J connectivity index is 2.28. The SMILES string of the molecule is C=C(C)c1ccc(C(C)(C)C(COc2ccccc2C(=C)C)NC(=O)O)cc1. The number of benzene rings is 2. The number of hydrogen-bond donors (Lipinski definition) is 2. The van der Waals surface area contributed by atoms with Crippen LogP contribution in [0.2, 0.25) is 0 Å². The quantitative estimate of drug-likeness (QED) is 0.614. The first-order valence-corrected chi connectivity index (χ1v) is 9.26. The molecule has 2 N–H and O–H groups in total. The summed E-state index contributed by atoms with van der Waals surface area (Å²) in [4.78, 5) is 11.4. The monoisotopic (exact) mass is 379 g/mol. The van der Waals surface area contributed by atoms with Crippen molar-refractivity contribution in [3.63, 3.8) is 0 Å². The van der Waals surface area contributed by atoms with E-state index in [0.29, 0.717) is 5.75 Å². The summed E-state index contributed by atoms with van der Waals surface area (Å²) in [6, 6.07) is 15.2. The van der Waals surface area contributed by atoms with Gasteiger partial charge in [-0.15, -0.1) is 0 Å². The minimum atomic E-state index is -1.08. The second kappa shape index (κ2) is 8.79. The van der Waals surface area contributed by atoms with Gasteiger partial charge in [0.2, 0.25) is 0 Å². The van der Waals surface area contributed by atoms with Crippen LogP contribution in [-0.4, -0.2) is 23.8 Å². The molecule has 4 nitrogen and oxygen atoms in total. The number of rotatable bonds is 8. The third kappa shape index (κ3) is 5.03. The zero-order valence-electron chi connectivity index (χ0n) is 17.1. The van der Waals surface area contributed by atoms with E-state index in [1.807, 2.05) is 76.2 Å². The molecule has 1 unspecified atom stereocenters. The number of nitrogens with one attached hydrogen (secondary N) is 1. The number of amides is 1. The van der Waals surface area contributed by atoms with Gasteiger partial charge in [-0.2, -0.15) is 0 Å². The van der Waals surface area contributed by atoms with Crippen LogP contribution in [-0.2, 0) is 5.41 Å². The number of ether oxygens (including phenoxy) is 1. The fraction of sp³-hybridized carbons (Fsp3) is 0.292. The van der Waals surface area contributed by atoms with Gasteiger partial charge < -0.3 is 15.2 Å². The van der Waals surface area contributed by atoms with Crippen molar-refractivity contribution in [2.24, 2.45) is 0 Å². The summed E-state index contributed by atoms with van der Waals surface area (Å²) in [6.07, 6.45) is -1.08. The summed E-state index contributed by atoms with van der Waals surface area (Å²) in [6.45, 7) is 16.0. The van der Waals surface area contributed by atoms with Gasteiger partial charge in [0.05, 0.1) is 6.04 Å². The molecular formula is C24H29NO3. The molecule has 0 spiro atoms. The first kappa shape index (κ1) is 21.3. The largest absolute Gasteiger partial charge is 0.491 e. The van der Waals surface area contributed by atoms with Crippen LogP contribution >= 0.6 is 0 Å². The Bertz CT molecular complexity index is 866. The third-order valence-electron chi connectivity index (χ3n) is 5.04. The lowest BCUT2D eigenvalue weighted by molar-refractivity contribution is 0.164. The topological polar surface area (TPSA) is 58.6 Å². The van der Waals surface area contributed by atoms with Crippen molar-refractivity contribution < 1.29 is 14.6 Å². The van der Waals surface area contributed by atoms with Crippen molar-refractivity contribution in [3.05, 3.63) is 78.4 Å². The standard InChI is InChI=1S/C24H29NO3/c1-16(2)18-11-13-19(14-12-18)24(5,6)22(25-23(26)27)15-28-21-10-8-7-9-20(21)17(3)4/h7-14,22,25H,1,3,15H2,2,4-6H3,(H,26,27). The molecule has 2 aromatic rings. The molecule has 0 fully saturated rings. The zero-order chi connectivity index (χ0) is 20.9. The Hall–Kier alpha value is -3.01. The van der Waals surface area contributed by atoms with Crippen LogP contribution in [0.1, 0.15) is 44.4 Å². The smallest absolute Gasteiger partial charge is 0.405 e. The second-order valence-corrected chi connectivity index (χ2v) is 7.67. The molecule has 0 heterocycles. The van der Waals surface area contributed by atoms with Crippen LogP contribution in [0, 0.1) is 0 Å². The molecule has 148 valence electrons. The van der Waals surface area contributed by atoms with Crippen LogP contribution in [0.25, 0.3) is 11.1 Å². The minimum absolute atomic E-state index is 0.200. The van der Waals surface area contributed by atoms with E-state index < -0.39 is 17.6 Å². The van der Waals surface area contributed by atoms with Gasteiger partial charge in [-0.25, -0.2) is 4.79 Å². The minimum Gasteiger partial charge on any atom is -0.491 e. The summed E-state index contributed by atoms with van der Waals surface area (Å²) < 4.78 is 6.03. The number of allylic oxidation sites excluding steroid dienone is 2. The average Bonchev–Trinajstić information content (AvgIpc) is 2.64. The highest BCUT2D eigenvalue weighted by Gasteiger charge is 2.33. The van der Waals surface area contributed by atoms with E-state index >= 15 is 0 Å². The molecule has 2 aromatic carbocycles. The van der Waals surface area contributed by atoms with E-state index in [0.717, 1.165) is 27.8 Å². The lowest BCUT2D eigenvalue weighted by Crippen LogP contribution is -2.50. The maximum Gasteiger partial charge on any atom is 0.405 e. The van der Waals surface area contributed by atoms with E-state index in [1.165, 1.54) is 0 Å². The van der Waals surface area contributed by atoms with Crippen molar-refractivity contribution in [2.75, 3.05) is 6.61 Å². The van der Waals surface area contributed by atoms with E-state index in [4.69, 9.17) is 4.74 Å². The Morgan fingerprint density at radius 3 is 2.21 bits per heavy atom. The molecule has 0 aliphatic rings. The highest BCUT2D eigenvalue weighted by molar-refractivity contribution is 5.67. The summed E-state index contributed by atoms with van der Waals surface area (Å²) in [5.41, 5.74) is 4.41. The molecule has 28 heavy (non-hydrogen) atoms. The van der Waals surface area contributed by atoms with Gasteiger partial charge in [0.1, 0.15) is 12.4 Å². The van der Waals surface area contributed by atoms with Crippen LogP contribution in [0.4, 0.5) is 4.79 Å². The highest BCUT2D eigenvalue weighted by atomic mass is 16.5. The molecule has 0 aliphatic heterocycles. The number of carbonyl (C=O) groups is 1. The summed E-state index contributed by atoms with van der Waals surface area (Å²) in [7, 11) is 0. The van der Waals surface area contributed by atoms with Gasteiger partial charge in [-0.05, 0) is 36.6 Å². The highest BCUT2D eigenvalue weighted by Crippen LogP contribution is 2.30. The summed E-state index contributed by atoms with van der Waals surface area (Å²) in [5, 5.41) is 12.0. The van der Waals surface area contributed by atoms with Crippen molar-refractivity contribution in [3.8, 4) is 5.75 Å². The fourth-order valence-electron chi connectivity index (χ4n) is 3.08. The maximum absolute atomic E-state index is 11.4. The Labute approximate surface area is 167 Å². The fourth-order valence-corrected chi connectivity index (χ4v) is 3.08. The van der Waals surface area contributed by atoms with Crippen molar-refractivity contribution >= 4 is 17.2 Å². The lowest BCUT2D eigenvalue weighted by Gasteiger charge is -2.35. The number of para-hydroxylation sites is 1. The Morgan fingerprint density at radius 2 is 1.68 bits per heavy atom. The summed E-state index contributed by atoms with van der Waals surface area (Å²) in [5.74, 6) is 0.695.